The SMILES string of the molecule is CC[C@H](C(=O)NC1CCCC1)N(Cc1ccc(Cl)cc1Cl)C(=O)CN(c1cc(OC)ccc1OC)S(=O)(=O)c1ccc(OC)c(OC)c1. The number of ether oxygens (including phenoxy) is 4. The first-order valence-electron chi connectivity index (χ1n) is 15.5. The van der Waals surface area contributed by atoms with E-state index in [0.29, 0.717) is 27.1 Å². The van der Waals surface area contributed by atoms with E-state index in [9.17, 15) is 18.0 Å². The van der Waals surface area contributed by atoms with Gasteiger partial charge in [0.1, 0.15) is 24.1 Å². The third-order valence-electron chi connectivity index (χ3n) is 8.32. The zero-order valence-electron chi connectivity index (χ0n) is 27.6. The number of rotatable bonds is 15. The number of nitrogens with one attached hydrogen (secondary N) is 1. The highest BCUT2D eigenvalue weighted by Crippen LogP contribution is 2.38. The van der Waals surface area contributed by atoms with Gasteiger partial charge in [0.2, 0.25) is 11.8 Å². The van der Waals surface area contributed by atoms with Crippen molar-refractivity contribution in [2.24, 2.45) is 0 Å². The lowest BCUT2D eigenvalue weighted by atomic mass is 10.1. The molecule has 11 nitrogen and oxygen atoms in total. The van der Waals surface area contributed by atoms with Crippen LogP contribution in [-0.2, 0) is 26.2 Å². The van der Waals surface area contributed by atoms with E-state index in [-0.39, 0.29) is 47.0 Å². The second kappa shape index (κ2) is 16.5. The van der Waals surface area contributed by atoms with E-state index in [1.807, 2.05) is 0 Å². The highest BCUT2D eigenvalue weighted by atomic mass is 35.5. The van der Waals surface area contributed by atoms with Crippen LogP contribution in [0.1, 0.15) is 44.6 Å². The minimum absolute atomic E-state index is 0.00518. The Hall–Kier alpha value is -3.87. The van der Waals surface area contributed by atoms with Gasteiger partial charge in [0, 0.05) is 34.8 Å². The number of anilines is 1. The molecule has 1 saturated carbocycles. The third kappa shape index (κ3) is 8.40. The summed E-state index contributed by atoms with van der Waals surface area (Å²) in [5.74, 6) is 0.0302. The lowest BCUT2D eigenvalue weighted by molar-refractivity contribution is -0.140. The highest BCUT2D eigenvalue weighted by Gasteiger charge is 2.36. The van der Waals surface area contributed by atoms with Gasteiger partial charge in [0.05, 0.1) is 39.0 Å². The summed E-state index contributed by atoms with van der Waals surface area (Å²) in [7, 11) is 1.18. The predicted molar refractivity (Wildman–Crippen MR) is 185 cm³/mol. The Kier molecular flexibility index (Phi) is 12.7. The van der Waals surface area contributed by atoms with Gasteiger partial charge in [-0.3, -0.25) is 13.9 Å². The molecule has 0 unspecified atom stereocenters. The van der Waals surface area contributed by atoms with Gasteiger partial charge in [0.15, 0.2) is 11.5 Å². The quantitative estimate of drug-likeness (QED) is 0.200. The van der Waals surface area contributed by atoms with Crippen molar-refractivity contribution in [1.29, 1.82) is 0 Å². The molecule has 48 heavy (non-hydrogen) atoms. The Morgan fingerprint density at radius 3 is 2.15 bits per heavy atom. The number of sulfonamides is 1. The summed E-state index contributed by atoms with van der Waals surface area (Å²) < 4.78 is 51.6. The lowest BCUT2D eigenvalue weighted by Crippen LogP contribution is -2.53. The van der Waals surface area contributed by atoms with Crippen LogP contribution in [0.3, 0.4) is 0 Å². The number of halogens is 2. The van der Waals surface area contributed by atoms with E-state index >= 15 is 0 Å². The van der Waals surface area contributed by atoms with Crippen molar-refractivity contribution in [3.63, 3.8) is 0 Å². The van der Waals surface area contributed by atoms with Crippen molar-refractivity contribution >= 4 is 50.7 Å². The highest BCUT2D eigenvalue weighted by molar-refractivity contribution is 7.92. The maximum atomic E-state index is 14.6. The summed E-state index contributed by atoms with van der Waals surface area (Å²) >= 11 is 12.7. The van der Waals surface area contributed by atoms with Crippen LogP contribution in [0.5, 0.6) is 23.0 Å². The second-order valence-corrected chi connectivity index (χ2v) is 13.9. The van der Waals surface area contributed by atoms with Crippen molar-refractivity contribution in [3.05, 3.63) is 70.2 Å². The Morgan fingerprint density at radius 2 is 1.54 bits per heavy atom. The largest absolute Gasteiger partial charge is 0.497 e. The molecule has 1 atom stereocenters. The van der Waals surface area contributed by atoms with Crippen LogP contribution in [0.15, 0.2) is 59.5 Å². The normalized spacial score (nSPS) is 13.8. The van der Waals surface area contributed by atoms with E-state index in [1.165, 1.54) is 57.6 Å². The van der Waals surface area contributed by atoms with Gasteiger partial charge in [-0.05, 0) is 61.2 Å². The minimum Gasteiger partial charge on any atom is -0.497 e. The molecule has 0 aliphatic heterocycles. The molecule has 1 N–H and O–H groups in total. The second-order valence-electron chi connectivity index (χ2n) is 11.2. The minimum atomic E-state index is -4.49. The Morgan fingerprint density at radius 1 is 0.875 bits per heavy atom. The molecular formula is C34H41Cl2N3O8S. The molecule has 2 amide bonds. The van der Waals surface area contributed by atoms with E-state index < -0.39 is 28.5 Å². The van der Waals surface area contributed by atoms with Gasteiger partial charge in [-0.15, -0.1) is 0 Å². The van der Waals surface area contributed by atoms with Crippen LogP contribution in [0.2, 0.25) is 10.0 Å². The zero-order chi connectivity index (χ0) is 35.0. The molecule has 3 aromatic carbocycles. The summed E-state index contributed by atoms with van der Waals surface area (Å²) in [5.41, 5.74) is 0.586. The molecule has 14 heteroatoms. The molecule has 3 aromatic rings. The molecule has 4 rings (SSSR count). The van der Waals surface area contributed by atoms with Crippen molar-refractivity contribution in [2.45, 2.75) is 62.6 Å². The van der Waals surface area contributed by atoms with Gasteiger partial charge in [-0.1, -0.05) is 49.0 Å². The van der Waals surface area contributed by atoms with Crippen LogP contribution in [-0.4, -0.2) is 72.2 Å². The van der Waals surface area contributed by atoms with Crippen molar-refractivity contribution < 1.29 is 37.0 Å². The first kappa shape index (κ1) is 37.0. The van der Waals surface area contributed by atoms with Gasteiger partial charge in [-0.2, -0.15) is 0 Å². The maximum absolute atomic E-state index is 14.6. The average molecular weight is 723 g/mol. The number of amides is 2. The van der Waals surface area contributed by atoms with Crippen molar-refractivity contribution in [1.82, 2.24) is 10.2 Å². The Bertz CT molecular complexity index is 1720. The number of methoxy groups -OCH3 is 4. The molecule has 1 fully saturated rings. The Labute approximate surface area is 292 Å². The van der Waals surface area contributed by atoms with Gasteiger partial charge < -0.3 is 29.2 Å². The monoisotopic (exact) mass is 721 g/mol. The van der Waals surface area contributed by atoms with Gasteiger partial charge >= 0.3 is 0 Å². The van der Waals surface area contributed by atoms with Crippen LogP contribution in [0.4, 0.5) is 5.69 Å². The molecule has 0 saturated heterocycles. The van der Waals surface area contributed by atoms with Crippen molar-refractivity contribution in [2.75, 3.05) is 39.3 Å². The standard InChI is InChI=1S/C34H41Cl2N3O8S/c1-6-28(34(41)37-24-9-7-8-10-24)38(20-22-11-12-23(35)17-27(22)36)33(40)21-39(29-18-25(44-2)13-15-30(29)45-3)48(42,43)26-14-16-31(46-4)32(19-26)47-5/h11-19,24,28H,6-10,20-21H2,1-5H3,(H,37,41)/t28-/m1/s1. The van der Waals surface area contributed by atoms with Crippen LogP contribution in [0.25, 0.3) is 0 Å². The average Bonchev–Trinajstić information content (AvgIpc) is 3.60. The maximum Gasteiger partial charge on any atom is 0.265 e. The molecule has 0 radical (unpaired) electrons. The van der Waals surface area contributed by atoms with Gasteiger partial charge in [0.25, 0.3) is 10.0 Å². The Balaban J connectivity index is 1.83. The molecule has 0 bridgehead atoms. The summed E-state index contributed by atoms with van der Waals surface area (Å²) in [6.45, 7) is 1.02. The molecule has 1 aliphatic carbocycles. The van der Waals surface area contributed by atoms with Crippen LogP contribution in [0, 0.1) is 0 Å². The first-order chi connectivity index (χ1) is 23.0. The van der Waals surface area contributed by atoms with E-state index in [1.54, 1.807) is 37.3 Å². The molecule has 0 heterocycles. The number of hydrogen-bond donors (Lipinski definition) is 1. The molecular weight excluding hydrogens is 681 g/mol. The first-order valence-corrected chi connectivity index (χ1v) is 17.7. The number of benzene rings is 3. The van der Waals surface area contributed by atoms with Crippen LogP contribution >= 0.6 is 23.2 Å². The fourth-order valence-corrected chi connectivity index (χ4v) is 7.63. The van der Waals surface area contributed by atoms with E-state index in [0.717, 1.165) is 30.0 Å². The predicted octanol–water partition coefficient (Wildman–Crippen LogP) is 6.09. The number of nitrogens with zero attached hydrogens (tertiary/aromatic N) is 2. The molecule has 0 spiro atoms. The van der Waals surface area contributed by atoms with Crippen molar-refractivity contribution in [3.8, 4) is 23.0 Å². The van der Waals surface area contributed by atoms with E-state index in [2.05, 4.69) is 5.32 Å². The molecule has 0 aromatic heterocycles. The summed E-state index contributed by atoms with van der Waals surface area (Å²) in [6, 6.07) is 12.7. The summed E-state index contributed by atoms with van der Waals surface area (Å²) in [4.78, 5) is 29.5. The van der Waals surface area contributed by atoms with Crippen LogP contribution < -0.4 is 28.6 Å². The fraction of sp³-hybridized carbons (Fsp3) is 0.412. The summed E-state index contributed by atoms with van der Waals surface area (Å²) in [6.07, 6.45) is 3.99. The molecule has 260 valence electrons. The number of carbonyl (C=O) groups is 2. The lowest BCUT2D eigenvalue weighted by Gasteiger charge is -2.34. The zero-order valence-corrected chi connectivity index (χ0v) is 30.0. The fourth-order valence-electron chi connectivity index (χ4n) is 5.73. The number of hydrogen-bond acceptors (Lipinski definition) is 8. The number of carbonyl (C=O) groups excluding carboxylic acids is 2. The molecule has 1 aliphatic rings. The topological polar surface area (TPSA) is 124 Å². The third-order valence-corrected chi connectivity index (χ3v) is 10.7. The van der Waals surface area contributed by atoms with E-state index in [4.69, 9.17) is 42.1 Å². The van der Waals surface area contributed by atoms with Gasteiger partial charge in [-0.25, -0.2) is 8.42 Å². The summed E-state index contributed by atoms with van der Waals surface area (Å²) in [5, 5.41) is 3.80. The smallest absolute Gasteiger partial charge is 0.265 e.